The van der Waals surface area contributed by atoms with E-state index in [1.54, 1.807) is 11.3 Å². The molecule has 3 N–H and O–H groups in total. The average Bonchev–Trinajstić information content (AvgIpc) is 2.82. The van der Waals surface area contributed by atoms with Gasteiger partial charge in [0.1, 0.15) is 0 Å². The SMILES string of the molecule is CCCC(CN)NC(=O)c1csc2ccccc12. The molecule has 96 valence electrons. The molecule has 1 heterocycles. The molecule has 1 aromatic carbocycles. The summed E-state index contributed by atoms with van der Waals surface area (Å²) in [5.41, 5.74) is 6.42. The van der Waals surface area contributed by atoms with Crippen LogP contribution in [0, 0.1) is 0 Å². The summed E-state index contributed by atoms with van der Waals surface area (Å²) >= 11 is 1.60. The maximum atomic E-state index is 12.2. The quantitative estimate of drug-likeness (QED) is 0.870. The van der Waals surface area contributed by atoms with Gasteiger partial charge in [0.25, 0.3) is 5.91 Å². The van der Waals surface area contributed by atoms with E-state index in [2.05, 4.69) is 12.2 Å². The van der Waals surface area contributed by atoms with Crippen molar-refractivity contribution in [2.24, 2.45) is 5.73 Å². The van der Waals surface area contributed by atoms with Gasteiger partial charge in [-0.1, -0.05) is 31.5 Å². The Kier molecular flexibility index (Phi) is 4.33. The van der Waals surface area contributed by atoms with Crippen molar-refractivity contribution in [3.05, 3.63) is 35.2 Å². The molecule has 2 aromatic rings. The number of carbonyl (C=O) groups excluding carboxylic acids is 1. The van der Waals surface area contributed by atoms with Crippen LogP contribution in [0.25, 0.3) is 10.1 Å². The fourth-order valence-electron chi connectivity index (χ4n) is 2.01. The summed E-state index contributed by atoms with van der Waals surface area (Å²) in [4.78, 5) is 12.2. The molecule has 1 amide bonds. The van der Waals surface area contributed by atoms with Gasteiger partial charge >= 0.3 is 0 Å². The Morgan fingerprint density at radius 1 is 1.44 bits per heavy atom. The van der Waals surface area contributed by atoms with Crippen LogP contribution in [0.5, 0.6) is 0 Å². The third-order valence-electron chi connectivity index (χ3n) is 2.98. The molecule has 0 radical (unpaired) electrons. The van der Waals surface area contributed by atoms with E-state index in [0.29, 0.717) is 6.54 Å². The van der Waals surface area contributed by atoms with Crippen LogP contribution in [0.2, 0.25) is 0 Å². The number of nitrogens with two attached hydrogens (primary N) is 1. The molecule has 4 heteroatoms. The Labute approximate surface area is 111 Å². The minimum atomic E-state index is -0.0173. The number of carbonyl (C=O) groups is 1. The van der Waals surface area contributed by atoms with Gasteiger partial charge in [0.05, 0.1) is 5.56 Å². The van der Waals surface area contributed by atoms with Crippen LogP contribution in [-0.4, -0.2) is 18.5 Å². The van der Waals surface area contributed by atoms with Gasteiger partial charge < -0.3 is 11.1 Å². The Morgan fingerprint density at radius 2 is 2.22 bits per heavy atom. The van der Waals surface area contributed by atoms with Crippen LogP contribution < -0.4 is 11.1 Å². The maximum Gasteiger partial charge on any atom is 0.253 e. The lowest BCUT2D eigenvalue weighted by Crippen LogP contribution is -2.39. The van der Waals surface area contributed by atoms with E-state index in [1.165, 1.54) is 0 Å². The molecule has 18 heavy (non-hydrogen) atoms. The molecule has 1 unspecified atom stereocenters. The maximum absolute atomic E-state index is 12.2. The van der Waals surface area contributed by atoms with E-state index >= 15 is 0 Å². The predicted molar refractivity (Wildman–Crippen MR) is 77.0 cm³/mol. The second kappa shape index (κ2) is 5.98. The van der Waals surface area contributed by atoms with Gasteiger partial charge in [-0.15, -0.1) is 11.3 Å². The molecule has 1 aromatic heterocycles. The number of fused-ring (bicyclic) bond motifs is 1. The van der Waals surface area contributed by atoms with Gasteiger partial charge in [-0.05, 0) is 12.5 Å². The number of hydrogen-bond donors (Lipinski definition) is 2. The smallest absolute Gasteiger partial charge is 0.253 e. The van der Waals surface area contributed by atoms with Crippen LogP contribution in [0.4, 0.5) is 0 Å². The highest BCUT2D eigenvalue weighted by atomic mass is 32.1. The molecule has 0 spiro atoms. The molecule has 0 bridgehead atoms. The Bertz CT molecular complexity index is 535. The van der Waals surface area contributed by atoms with Crippen molar-refractivity contribution in [2.45, 2.75) is 25.8 Å². The van der Waals surface area contributed by atoms with Gasteiger partial charge in [-0.25, -0.2) is 0 Å². The summed E-state index contributed by atoms with van der Waals surface area (Å²) < 4.78 is 1.14. The molecule has 2 rings (SSSR count). The van der Waals surface area contributed by atoms with Crippen LogP contribution in [-0.2, 0) is 0 Å². The van der Waals surface area contributed by atoms with Crippen molar-refractivity contribution < 1.29 is 4.79 Å². The van der Waals surface area contributed by atoms with E-state index in [1.807, 2.05) is 29.6 Å². The molecule has 0 fully saturated rings. The highest BCUT2D eigenvalue weighted by molar-refractivity contribution is 7.17. The van der Waals surface area contributed by atoms with E-state index in [9.17, 15) is 4.79 Å². The summed E-state index contributed by atoms with van der Waals surface area (Å²) in [7, 11) is 0. The first-order valence-electron chi connectivity index (χ1n) is 6.23. The monoisotopic (exact) mass is 262 g/mol. The van der Waals surface area contributed by atoms with Crippen molar-refractivity contribution in [2.75, 3.05) is 6.54 Å². The Balaban J connectivity index is 2.18. The van der Waals surface area contributed by atoms with E-state index in [-0.39, 0.29) is 11.9 Å². The van der Waals surface area contributed by atoms with Crippen LogP contribution in [0.3, 0.4) is 0 Å². The molecule has 0 aliphatic carbocycles. The largest absolute Gasteiger partial charge is 0.348 e. The van der Waals surface area contributed by atoms with Crippen molar-refractivity contribution in [1.82, 2.24) is 5.32 Å². The summed E-state index contributed by atoms with van der Waals surface area (Å²) in [6.45, 7) is 2.58. The molecule has 0 aliphatic heterocycles. The minimum Gasteiger partial charge on any atom is -0.348 e. The second-order valence-corrected chi connectivity index (χ2v) is 5.25. The second-order valence-electron chi connectivity index (χ2n) is 4.34. The van der Waals surface area contributed by atoms with E-state index in [4.69, 9.17) is 5.73 Å². The van der Waals surface area contributed by atoms with Gasteiger partial charge in [0, 0.05) is 28.1 Å². The van der Waals surface area contributed by atoms with Gasteiger partial charge in [-0.3, -0.25) is 4.79 Å². The summed E-state index contributed by atoms with van der Waals surface area (Å²) in [6, 6.07) is 8.03. The number of nitrogens with one attached hydrogen (secondary N) is 1. The molecule has 1 atom stereocenters. The summed E-state index contributed by atoms with van der Waals surface area (Å²) in [5, 5.41) is 5.94. The van der Waals surface area contributed by atoms with E-state index in [0.717, 1.165) is 28.5 Å². The molecule has 0 aliphatic rings. The number of benzene rings is 1. The molecular formula is C14H18N2OS. The van der Waals surface area contributed by atoms with Crippen molar-refractivity contribution in [3.63, 3.8) is 0 Å². The molecule has 0 saturated carbocycles. The first-order valence-corrected chi connectivity index (χ1v) is 7.11. The van der Waals surface area contributed by atoms with Crippen LogP contribution in [0.15, 0.2) is 29.6 Å². The third-order valence-corrected chi connectivity index (χ3v) is 3.95. The number of hydrogen-bond acceptors (Lipinski definition) is 3. The summed E-state index contributed by atoms with van der Waals surface area (Å²) in [6.07, 6.45) is 1.94. The fourth-order valence-corrected chi connectivity index (χ4v) is 2.96. The van der Waals surface area contributed by atoms with Crippen molar-refractivity contribution >= 4 is 27.3 Å². The lowest BCUT2D eigenvalue weighted by molar-refractivity contribution is 0.0938. The predicted octanol–water partition coefficient (Wildman–Crippen LogP) is 2.76. The number of amides is 1. The van der Waals surface area contributed by atoms with Crippen molar-refractivity contribution in [3.8, 4) is 0 Å². The zero-order chi connectivity index (χ0) is 13.0. The van der Waals surface area contributed by atoms with Gasteiger partial charge in [-0.2, -0.15) is 0 Å². The Hall–Kier alpha value is -1.39. The average molecular weight is 262 g/mol. The zero-order valence-corrected chi connectivity index (χ0v) is 11.3. The highest BCUT2D eigenvalue weighted by Gasteiger charge is 2.15. The molecule has 3 nitrogen and oxygen atoms in total. The lowest BCUT2D eigenvalue weighted by atomic mass is 10.1. The first-order chi connectivity index (χ1) is 8.76. The number of thiophene rings is 1. The lowest BCUT2D eigenvalue weighted by Gasteiger charge is -2.15. The highest BCUT2D eigenvalue weighted by Crippen LogP contribution is 2.25. The van der Waals surface area contributed by atoms with Crippen molar-refractivity contribution in [1.29, 1.82) is 0 Å². The fraction of sp³-hybridized carbons (Fsp3) is 0.357. The van der Waals surface area contributed by atoms with Gasteiger partial charge in [0.2, 0.25) is 0 Å². The third kappa shape index (κ3) is 2.71. The number of rotatable bonds is 5. The molecular weight excluding hydrogens is 244 g/mol. The zero-order valence-electron chi connectivity index (χ0n) is 10.5. The minimum absolute atomic E-state index is 0.0173. The van der Waals surface area contributed by atoms with Crippen LogP contribution in [0.1, 0.15) is 30.1 Å². The van der Waals surface area contributed by atoms with Crippen LogP contribution >= 0.6 is 11.3 Å². The van der Waals surface area contributed by atoms with Gasteiger partial charge in [0.15, 0.2) is 0 Å². The van der Waals surface area contributed by atoms with E-state index < -0.39 is 0 Å². The molecule has 0 saturated heterocycles. The first kappa shape index (κ1) is 13.1. The summed E-state index contributed by atoms with van der Waals surface area (Å²) in [5.74, 6) is -0.0173. The normalized spacial score (nSPS) is 12.6. The topological polar surface area (TPSA) is 55.1 Å². The Morgan fingerprint density at radius 3 is 2.94 bits per heavy atom. The standard InChI is InChI=1S/C14H18N2OS/c1-2-5-10(8-15)16-14(17)12-9-18-13-7-4-3-6-11(12)13/h3-4,6-7,9-10H,2,5,8,15H2,1H3,(H,16,17).